The van der Waals surface area contributed by atoms with Gasteiger partial charge in [0, 0.05) is 29.8 Å². The highest BCUT2D eigenvalue weighted by molar-refractivity contribution is 5.95. The van der Waals surface area contributed by atoms with Crippen molar-refractivity contribution in [1.29, 1.82) is 0 Å². The third kappa shape index (κ3) is 2.91. The molecule has 0 spiro atoms. The maximum Gasteiger partial charge on any atom is 0.143 e. The van der Waals surface area contributed by atoms with Crippen LogP contribution in [0.3, 0.4) is 0 Å². The molecule has 0 saturated carbocycles. The van der Waals surface area contributed by atoms with Gasteiger partial charge in [-0.2, -0.15) is 0 Å². The highest BCUT2D eigenvalue weighted by atomic mass is 15.1. The van der Waals surface area contributed by atoms with E-state index in [0.29, 0.717) is 0 Å². The number of benzene rings is 2. The van der Waals surface area contributed by atoms with Crippen LogP contribution in [-0.2, 0) is 0 Å². The van der Waals surface area contributed by atoms with Crippen molar-refractivity contribution in [3.8, 4) is 11.3 Å². The number of hydrogen-bond acceptors (Lipinski definition) is 4. The zero-order valence-electron chi connectivity index (χ0n) is 16.6. The Morgan fingerprint density at radius 2 is 1.69 bits per heavy atom. The highest BCUT2D eigenvalue weighted by Crippen LogP contribution is 2.35. The van der Waals surface area contributed by atoms with Crippen molar-refractivity contribution in [2.24, 2.45) is 0 Å². The molecule has 0 bridgehead atoms. The van der Waals surface area contributed by atoms with Crippen molar-refractivity contribution in [2.75, 3.05) is 5.32 Å². The van der Waals surface area contributed by atoms with Gasteiger partial charge in [-0.1, -0.05) is 24.3 Å². The number of fused-ring (bicyclic) bond motifs is 2. The van der Waals surface area contributed by atoms with Gasteiger partial charge in [0.05, 0.1) is 11.0 Å². The highest BCUT2D eigenvalue weighted by Gasteiger charge is 2.18. The Balaban J connectivity index is 1.78. The van der Waals surface area contributed by atoms with Crippen molar-refractivity contribution in [1.82, 2.24) is 19.4 Å². The smallest absolute Gasteiger partial charge is 0.143 e. The average molecular weight is 379 g/mol. The Hall–Kier alpha value is -3.73. The molecule has 0 unspecified atom stereocenters. The minimum Gasteiger partial charge on any atom is -0.339 e. The van der Waals surface area contributed by atoms with Crippen molar-refractivity contribution in [3.05, 3.63) is 83.8 Å². The van der Waals surface area contributed by atoms with Gasteiger partial charge in [0.15, 0.2) is 0 Å². The van der Waals surface area contributed by atoms with Crippen molar-refractivity contribution < 1.29 is 0 Å². The van der Waals surface area contributed by atoms with Gasteiger partial charge in [0.2, 0.25) is 0 Å². The zero-order chi connectivity index (χ0) is 20.0. The molecule has 0 fully saturated rings. The quantitative estimate of drug-likeness (QED) is 0.442. The summed E-state index contributed by atoms with van der Waals surface area (Å²) < 4.78 is 2.11. The molecule has 0 radical (unpaired) electrons. The molecule has 0 amide bonds. The number of aryl methyl sites for hydroxylation is 3. The number of pyridine rings is 1. The van der Waals surface area contributed by atoms with Crippen LogP contribution in [0.4, 0.5) is 11.5 Å². The van der Waals surface area contributed by atoms with Crippen molar-refractivity contribution >= 4 is 28.2 Å². The van der Waals surface area contributed by atoms with E-state index in [4.69, 9.17) is 4.98 Å². The summed E-state index contributed by atoms with van der Waals surface area (Å²) in [7, 11) is 0. The number of hydrogen-bond donors (Lipinski definition) is 1. The monoisotopic (exact) mass is 379 g/mol. The SMILES string of the molecule is Cc1ccc(Nc2c(-c3cccc4nccnc34)nc3c(C)cccn23)cc1C. The van der Waals surface area contributed by atoms with Crippen LogP contribution >= 0.6 is 0 Å². The van der Waals surface area contributed by atoms with E-state index in [0.717, 1.165) is 45.0 Å². The van der Waals surface area contributed by atoms with Gasteiger partial charge in [-0.05, 0) is 61.7 Å². The number of nitrogens with one attached hydrogen (secondary N) is 1. The number of nitrogens with zero attached hydrogens (tertiary/aromatic N) is 4. The summed E-state index contributed by atoms with van der Waals surface area (Å²) in [5.74, 6) is 0.921. The Morgan fingerprint density at radius 3 is 2.55 bits per heavy atom. The molecular formula is C24H21N5. The van der Waals surface area contributed by atoms with E-state index >= 15 is 0 Å². The molecule has 5 aromatic rings. The van der Waals surface area contributed by atoms with Gasteiger partial charge in [-0.3, -0.25) is 14.4 Å². The molecule has 0 saturated heterocycles. The largest absolute Gasteiger partial charge is 0.339 e. The van der Waals surface area contributed by atoms with E-state index in [2.05, 4.69) is 70.8 Å². The molecule has 0 aliphatic heterocycles. The first kappa shape index (κ1) is 17.4. The normalized spacial score (nSPS) is 11.3. The predicted octanol–water partition coefficient (Wildman–Crippen LogP) is 5.61. The third-order valence-electron chi connectivity index (χ3n) is 5.37. The molecule has 5 heteroatoms. The average Bonchev–Trinajstić information content (AvgIpc) is 3.10. The lowest BCUT2D eigenvalue weighted by Crippen LogP contribution is -1.98. The molecule has 29 heavy (non-hydrogen) atoms. The van der Waals surface area contributed by atoms with E-state index in [1.807, 2.05) is 24.4 Å². The number of para-hydroxylation sites is 1. The Kier molecular flexibility index (Phi) is 4.02. The maximum atomic E-state index is 5.00. The molecule has 142 valence electrons. The van der Waals surface area contributed by atoms with Crippen LogP contribution in [0.15, 0.2) is 67.1 Å². The summed E-state index contributed by atoms with van der Waals surface area (Å²) in [4.78, 5) is 14.0. The number of aromatic nitrogens is 4. The lowest BCUT2D eigenvalue weighted by atomic mass is 10.1. The van der Waals surface area contributed by atoms with Crippen molar-refractivity contribution in [3.63, 3.8) is 0 Å². The molecule has 3 heterocycles. The fourth-order valence-corrected chi connectivity index (χ4v) is 3.65. The van der Waals surface area contributed by atoms with E-state index in [-0.39, 0.29) is 0 Å². The molecular weight excluding hydrogens is 358 g/mol. The number of rotatable bonds is 3. The van der Waals surface area contributed by atoms with Gasteiger partial charge < -0.3 is 5.32 Å². The standard InChI is InChI=1S/C24H21N5/c1-15-9-10-18(14-17(15)3)27-24-22(28-23-16(2)6-5-13-29(23)24)19-7-4-8-20-21(19)26-12-11-25-20/h4-14,27H,1-3H3. The van der Waals surface area contributed by atoms with E-state index in [1.54, 1.807) is 12.4 Å². The van der Waals surface area contributed by atoms with Gasteiger partial charge in [0.25, 0.3) is 0 Å². The topological polar surface area (TPSA) is 55.1 Å². The lowest BCUT2D eigenvalue weighted by molar-refractivity contribution is 1.16. The third-order valence-corrected chi connectivity index (χ3v) is 5.37. The van der Waals surface area contributed by atoms with Crippen LogP contribution in [-0.4, -0.2) is 19.4 Å². The minimum atomic E-state index is 0.846. The summed E-state index contributed by atoms with van der Waals surface area (Å²) in [6.07, 6.45) is 5.48. The Labute approximate surface area is 169 Å². The Bertz CT molecular complexity index is 1360. The molecule has 0 aliphatic rings. The summed E-state index contributed by atoms with van der Waals surface area (Å²) in [6.45, 7) is 6.33. The first-order chi connectivity index (χ1) is 14.1. The van der Waals surface area contributed by atoms with Gasteiger partial charge in [0.1, 0.15) is 17.2 Å². The molecule has 0 aliphatic carbocycles. The molecule has 1 N–H and O–H groups in total. The Morgan fingerprint density at radius 1 is 0.828 bits per heavy atom. The number of anilines is 2. The summed E-state index contributed by atoms with van der Waals surface area (Å²) in [5.41, 5.74) is 9.13. The fourth-order valence-electron chi connectivity index (χ4n) is 3.65. The van der Waals surface area contributed by atoms with Crippen LogP contribution in [0.1, 0.15) is 16.7 Å². The fraction of sp³-hybridized carbons (Fsp3) is 0.125. The molecule has 5 nitrogen and oxygen atoms in total. The van der Waals surface area contributed by atoms with Gasteiger partial charge >= 0.3 is 0 Å². The second-order valence-corrected chi connectivity index (χ2v) is 7.35. The molecule has 5 rings (SSSR count). The van der Waals surface area contributed by atoms with E-state index in [9.17, 15) is 0 Å². The van der Waals surface area contributed by atoms with Crippen LogP contribution in [0.5, 0.6) is 0 Å². The second kappa shape index (κ2) is 6.71. The summed E-state index contributed by atoms with van der Waals surface area (Å²) in [5, 5.41) is 3.61. The molecule has 2 aromatic carbocycles. The van der Waals surface area contributed by atoms with Crippen molar-refractivity contribution in [2.45, 2.75) is 20.8 Å². The van der Waals surface area contributed by atoms with Crippen LogP contribution in [0, 0.1) is 20.8 Å². The maximum absolute atomic E-state index is 5.00. The van der Waals surface area contributed by atoms with E-state index < -0.39 is 0 Å². The molecule has 0 atom stereocenters. The minimum absolute atomic E-state index is 0.846. The van der Waals surface area contributed by atoms with Crippen LogP contribution in [0.2, 0.25) is 0 Å². The first-order valence-corrected chi connectivity index (χ1v) is 9.64. The van der Waals surface area contributed by atoms with Crippen LogP contribution < -0.4 is 5.32 Å². The first-order valence-electron chi connectivity index (χ1n) is 9.64. The summed E-state index contributed by atoms with van der Waals surface area (Å²) >= 11 is 0. The van der Waals surface area contributed by atoms with Gasteiger partial charge in [-0.25, -0.2) is 4.98 Å². The second-order valence-electron chi connectivity index (χ2n) is 7.35. The van der Waals surface area contributed by atoms with E-state index in [1.165, 1.54) is 11.1 Å². The van der Waals surface area contributed by atoms with Crippen LogP contribution in [0.25, 0.3) is 27.9 Å². The zero-order valence-corrected chi connectivity index (χ0v) is 16.6. The lowest BCUT2D eigenvalue weighted by Gasteiger charge is -2.11. The number of imidazole rings is 1. The van der Waals surface area contributed by atoms with Gasteiger partial charge in [-0.15, -0.1) is 0 Å². The molecule has 3 aromatic heterocycles. The predicted molar refractivity (Wildman–Crippen MR) is 118 cm³/mol. The summed E-state index contributed by atoms with van der Waals surface area (Å²) in [6, 6.07) is 16.6.